The fraction of sp³-hybridized carbons (Fsp3) is 0.360. The summed E-state index contributed by atoms with van der Waals surface area (Å²) in [4.78, 5) is 0. The number of hydrogen-bond donors (Lipinski definition) is 2. The van der Waals surface area contributed by atoms with Crippen molar-refractivity contribution in [3.63, 3.8) is 0 Å². The first-order chi connectivity index (χ1) is 14.7. The van der Waals surface area contributed by atoms with Gasteiger partial charge < -0.3 is 24.4 Å². The Balaban J connectivity index is 1.88. The van der Waals surface area contributed by atoms with Crippen molar-refractivity contribution < 1.29 is 24.4 Å². The molecule has 0 radical (unpaired) electrons. The lowest BCUT2D eigenvalue weighted by Crippen LogP contribution is -2.35. The van der Waals surface area contributed by atoms with Gasteiger partial charge in [-0.05, 0) is 11.1 Å². The second-order valence-corrected chi connectivity index (χ2v) is 6.78. The highest BCUT2D eigenvalue weighted by Gasteiger charge is 2.23. The van der Waals surface area contributed by atoms with E-state index in [0.717, 1.165) is 11.1 Å². The smallest absolute Gasteiger partial charge is 0.117 e. The maximum atomic E-state index is 10.6. The first kappa shape index (κ1) is 23.8. The number of aliphatic hydroxyl groups excluding tert-OH is 2. The molecule has 0 unspecified atom stereocenters. The Morgan fingerprint density at radius 3 is 2.17 bits per heavy atom. The highest BCUT2D eigenvalue weighted by molar-refractivity contribution is 5.14. The summed E-state index contributed by atoms with van der Waals surface area (Å²) in [6, 6.07) is 19.4. The predicted octanol–water partition coefficient (Wildman–Crippen LogP) is 3.11. The van der Waals surface area contributed by atoms with Gasteiger partial charge in [-0.2, -0.15) is 0 Å². The lowest BCUT2D eigenvalue weighted by atomic mass is 10.1. The van der Waals surface area contributed by atoms with Crippen LogP contribution in [0.2, 0.25) is 0 Å². The van der Waals surface area contributed by atoms with Crippen LogP contribution in [0.1, 0.15) is 17.5 Å². The van der Waals surface area contributed by atoms with Gasteiger partial charge in [-0.15, -0.1) is 6.58 Å². The molecule has 5 nitrogen and oxygen atoms in total. The molecule has 0 spiro atoms. The Labute approximate surface area is 178 Å². The van der Waals surface area contributed by atoms with Gasteiger partial charge >= 0.3 is 0 Å². The Hall–Kier alpha value is -2.46. The van der Waals surface area contributed by atoms with Crippen LogP contribution in [-0.4, -0.2) is 48.3 Å². The minimum atomic E-state index is -0.943. The van der Waals surface area contributed by atoms with Crippen molar-refractivity contribution in [3.8, 4) is 11.8 Å². The van der Waals surface area contributed by atoms with Crippen LogP contribution in [0.25, 0.3) is 0 Å². The van der Waals surface area contributed by atoms with E-state index in [-0.39, 0.29) is 19.6 Å². The van der Waals surface area contributed by atoms with Crippen LogP contribution in [0.5, 0.6) is 0 Å². The van der Waals surface area contributed by atoms with E-state index in [2.05, 4.69) is 18.4 Å². The summed E-state index contributed by atoms with van der Waals surface area (Å²) in [5.41, 5.74) is 2.01. The molecule has 0 saturated carbocycles. The largest absolute Gasteiger partial charge is 0.388 e. The van der Waals surface area contributed by atoms with Gasteiger partial charge in [0, 0.05) is 6.42 Å². The normalized spacial score (nSPS) is 13.7. The molecule has 0 amide bonds. The minimum absolute atomic E-state index is 0.0942. The molecule has 5 heteroatoms. The standard InChI is InChI=1S/C25H30O5/c1-2-15-28-16-9-14-23(26)17-25(30-19-22-12-7-4-8-13-22)24(27)20-29-18-21-10-5-3-6-11-21/h2-8,10-13,23-27H,1,15-20H2/t23-,24+,25-/m0/s1. The second kappa shape index (κ2) is 14.5. The fourth-order valence-electron chi connectivity index (χ4n) is 2.72. The lowest BCUT2D eigenvalue weighted by Gasteiger charge is -2.24. The van der Waals surface area contributed by atoms with Crippen molar-refractivity contribution in [2.75, 3.05) is 19.8 Å². The van der Waals surface area contributed by atoms with Gasteiger partial charge in [0.1, 0.15) is 18.8 Å². The summed E-state index contributed by atoms with van der Waals surface area (Å²) >= 11 is 0. The first-order valence-electron chi connectivity index (χ1n) is 9.99. The maximum absolute atomic E-state index is 10.6. The zero-order valence-electron chi connectivity index (χ0n) is 17.2. The van der Waals surface area contributed by atoms with Crippen molar-refractivity contribution in [2.45, 2.75) is 37.9 Å². The van der Waals surface area contributed by atoms with Gasteiger partial charge in [0.2, 0.25) is 0 Å². The second-order valence-electron chi connectivity index (χ2n) is 6.78. The third-order valence-electron chi connectivity index (χ3n) is 4.27. The third kappa shape index (κ3) is 9.84. The van der Waals surface area contributed by atoms with Crippen LogP contribution in [0.15, 0.2) is 73.3 Å². The van der Waals surface area contributed by atoms with E-state index in [1.54, 1.807) is 6.08 Å². The molecule has 30 heavy (non-hydrogen) atoms. The van der Waals surface area contributed by atoms with E-state index < -0.39 is 18.3 Å². The summed E-state index contributed by atoms with van der Waals surface area (Å²) in [6.07, 6.45) is -0.665. The van der Waals surface area contributed by atoms with Gasteiger partial charge in [-0.1, -0.05) is 78.6 Å². The molecular weight excluding hydrogens is 380 g/mol. The molecule has 0 heterocycles. The minimum Gasteiger partial charge on any atom is -0.388 e. The molecule has 0 aliphatic rings. The van der Waals surface area contributed by atoms with Crippen LogP contribution in [0, 0.1) is 11.8 Å². The van der Waals surface area contributed by atoms with E-state index >= 15 is 0 Å². The zero-order chi connectivity index (χ0) is 21.4. The van der Waals surface area contributed by atoms with Crippen LogP contribution in [-0.2, 0) is 27.4 Å². The Morgan fingerprint density at radius 2 is 1.53 bits per heavy atom. The van der Waals surface area contributed by atoms with Crippen LogP contribution >= 0.6 is 0 Å². The number of benzene rings is 2. The molecule has 0 aliphatic carbocycles. The number of rotatable bonds is 13. The SMILES string of the molecule is C=CCOCC#C[C@H](O)C[C@H](OCc1ccccc1)[C@H](O)COCc1ccccc1. The Morgan fingerprint density at radius 1 is 0.900 bits per heavy atom. The van der Waals surface area contributed by atoms with E-state index in [1.165, 1.54) is 0 Å². The summed E-state index contributed by atoms with van der Waals surface area (Å²) in [5, 5.41) is 20.9. The predicted molar refractivity (Wildman–Crippen MR) is 117 cm³/mol. The summed E-state index contributed by atoms with van der Waals surface area (Å²) in [5.74, 6) is 5.49. The number of hydrogen-bond acceptors (Lipinski definition) is 5. The quantitative estimate of drug-likeness (QED) is 0.302. The van der Waals surface area contributed by atoms with Crippen molar-refractivity contribution in [3.05, 3.63) is 84.4 Å². The van der Waals surface area contributed by atoms with Crippen LogP contribution in [0.3, 0.4) is 0 Å². The molecule has 2 aromatic rings. The zero-order valence-corrected chi connectivity index (χ0v) is 17.2. The average molecular weight is 411 g/mol. The molecule has 2 aromatic carbocycles. The van der Waals surface area contributed by atoms with E-state index in [1.807, 2.05) is 60.7 Å². The first-order valence-corrected chi connectivity index (χ1v) is 9.99. The third-order valence-corrected chi connectivity index (χ3v) is 4.27. The molecule has 160 valence electrons. The van der Waals surface area contributed by atoms with Crippen molar-refractivity contribution in [1.29, 1.82) is 0 Å². The molecule has 3 atom stereocenters. The molecule has 0 bridgehead atoms. The average Bonchev–Trinajstić information content (AvgIpc) is 2.78. The Bertz CT molecular complexity index is 766. The monoisotopic (exact) mass is 410 g/mol. The van der Waals surface area contributed by atoms with Crippen LogP contribution < -0.4 is 0 Å². The number of ether oxygens (including phenoxy) is 3. The highest BCUT2D eigenvalue weighted by Crippen LogP contribution is 2.13. The van der Waals surface area contributed by atoms with Crippen LogP contribution in [0.4, 0.5) is 0 Å². The molecule has 2 rings (SSSR count). The topological polar surface area (TPSA) is 68.2 Å². The maximum Gasteiger partial charge on any atom is 0.117 e. The molecule has 0 fully saturated rings. The molecule has 0 saturated heterocycles. The van der Waals surface area contributed by atoms with Crippen molar-refractivity contribution in [2.24, 2.45) is 0 Å². The van der Waals surface area contributed by atoms with E-state index in [0.29, 0.717) is 19.8 Å². The lowest BCUT2D eigenvalue weighted by molar-refractivity contribution is -0.0916. The van der Waals surface area contributed by atoms with Gasteiger partial charge in [0.15, 0.2) is 0 Å². The molecule has 2 N–H and O–H groups in total. The highest BCUT2D eigenvalue weighted by atomic mass is 16.5. The summed E-state index contributed by atoms with van der Waals surface area (Å²) < 4.78 is 16.7. The molecule has 0 aromatic heterocycles. The Kier molecular flexibility index (Phi) is 11.5. The van der Waals surface area contributed by atoms with E-state index in [9.17, 15) is 10.2 Å². The van der Waals surface area contributed by atoms with Gasteiger partial charge in [-0.3, -0.25) is 0 Å². The van der Waals surface area contributed by atoms with Crippen molar-refractivity contribution in [1.82, 2.24) is 0 Å². The van der Waals surface area contributed by atoms with Crippen molar-refractivity contribution >= 4 is 0 Å². The fourth-order valence-corrected chi connectivity index (χ4v) is 2.72. The summed E-state index contributed by atoms with van der Waals surface area (Å²) in [7, 11) is 0. The molecule has 0 aliphatic heterocycles. The van der Waals surface area contributed by atoms with E-state index in [4.69, 9.17) is 14.2 Å². The summed E-state index contributed by atoms with van der Waals surface area (Å²) in [6.45, 7) is 4.99. The van der Waals surface area contributed by atoms with Gasteiger partial charge in [0.05, 0.1) is 32.5 Å². The van der Waals surface area contributed by atoms with Gasteiger partial charge in [-0.25, -0.2) is 0 Å². The number of aliphatic hydroxyl groups is 2. The molecular formula is C25H30O5. The van der Waals surface area contributed by atoms with Gasteiger partial charge in [0.25, 0.3) is 0 Å².